The number of nitrogens with zero attached hydrogens (tertiary/aromatic N) is 1. The predicted octanol–water partition coefficient (Wildman–Crippen LogP) is 2.53. The summed E-state index contributed by atoms with van der Waals surface area (Å²) in [4.78, 5) is 49.6. The lowest BCUT2D eigenvalue weighted by Gasteiger charge is -2.15. The molecule has 32 heavy (non-hydrogen) atoms. The molecule has 0 fully saturated rings. The van der Waals surface area contributed by atoms with E-state index in [-0.39, 0.29) is 13.0 Å². The number of anilines is 2. The van der Waals surface area contributed by atoms with Gasteiger partial charge in [-0.05, 0) is 48.0 Å². The van der Waals surface area contributed by atoms with Crippen LogP contribution in [0, 0.1) is 0 Å². The Morgan fingerprint density at radius 2 is 1.53 bits per heavy atom. The summed E-state index contributed by atoms with van der Waals surface area (Å²) >= 11 is 0. The quantitative estimate of drug-likeness (QED) is 0.560. The fourth-order valence-electron chi connectivity index (χ4n) is 3.40. The molecular weight excluding hydrogens is 410 g/mol. The molecule has 3 aromatic carbocycles. The minimum atomic E-state index is -0.429. The molecule has 0 aliphatic carbocycles. The first-order chi connectivity index (χ1) is 15.4. The second kappa shape index (κ2) is 8.73. The van der Waals surface area contributed by atoms with Gasteiger partial charge in [-0.15, -0.1) is 0 Å². The Kier molecular flexibility index (Phi) is 5.67. The molecule has 0 saturated heterocycles. The Morgan fingerprint density at radius 1 is 0.875 bits per heavy atom. The maximum atomic E-state index is 12.7. The number of carbonyl (C=O) groups is 4. The van der Waals surface area contributed by atoms with E-state index in [1.165, 1.54) is 0 Å². The van der Waals surface area contributed by atoms with Gasteiger partial charge in [0.2, 0.25) is 5.91 Å². The summed E-state index contributed by atoms with van der Waals surface area (Å²) in [5, 5.41) is 2.69. The van der Waals surface area contributed by atoms with Crippen LogP contribution < -0.4 is 20.7 Å². The number of fused-ring (bicyclic) bond motifs is 1. The maximum absolute atomic E-state index is 12.7. The minimum Gasteiger partial charge on any atom is -0.484 e. The molecule has 8 heteroatoms. The molecule has 3 aromatic rings. The normalized spacial score (nSPS) is 12.4. The van der Waals surface area contributed by atoms with Gasteiger partial charge in [-0.2, -0.15) is 0 Å². The van der Waals surface area contributed by atoms with Crippen LogP contribution in [-0.4, -0.2) is 30.2 Å². The van der Waals surface area contributed by atoms with Crippen LogP contribution in [0.1, 0.15) is 26.3 Å². The van der Waals surface area contributed by atoms with Crippen LogP contribution in [0.4, 0.5) is 11.4 Å². The second-order valence-electron chi connectivity index (χ2n) is 7.17. The van der Waals surface area contributed by atoms with E-state index in [4.69, 9.17) is 10.5 Å². The van der Waals surface area contributed by atoms with E-state index in [1.807, 2.05) is 0 Å². The number of hydrogen-bond donors (Lipinski definition) is 2. The number of ether oxygens (including phenoxy) is 1. The highest BCUT2D eigenvalue weighted by molar-refractivity contribution is 6.34. The fourth-order valence-corrected chi connectivity index (χ4v) is 3.40. The number of primary amides is 1. The van der Waals surface area contributed by atoms with Crippen molar-refractivity contribution in [1.82, 2.24) is 0 Å². The average molecular weight is 429 g/mol. The van der Waals surface area contributed by atoms with Gasteiger partial charge < -0.3 is 15.8 Å². The molecule has 0 saturated carbocycles. The van der Waals surface area contributed by atoms with Crippen LogP contribution in [0.25, 0.3) is 0 Å². The minimum absolute atomic E-state index is 0.129. The first kappa shape index (κ1) is 20.8. The first-order valence-electron chi connectivity index (χ1n) is 9.80. The van der Waals surface area contributed by atoms with Crippen LogP contribution >= 0.6 is 0 Å². The van der Waals surface area contributed by atoms with Crippen LogP contribution in [0.5, 0.6) is 5.75 Å². The zero-order valence-electron chi connectivity index (χ0n) is 16.9. The van der Waals surface area contributed by atoms with Crippen molar-refractivity contribution in [1.29, 1.82) is 0 Å². The van der Waals surface area contributed by atoms with Gasteiger partial charge in [-0.25, -0.2) is 4.90 Å². The Bertz CT molecular complexity index is 1190. The molecule has 0 bridgehead atoms. The second-order valence-corrected chi connectivity index (χ2v) is 7.17. The molecular formula is C24H19N3O5. The molecule has 0 unspecified atom stereocenters. The van der Waals surface area contributed by atoms with Crippen molar-refractivity contribution in [2.45, 2.75) is 6.42 Å². The number of benzene rings is 3. The monoisotopic (exact) mass is 429 g/mol. The van der Waals surface area contributed by atoms with E-state index in [2.05, 4.69) is 5.32 Å². The molecule has 1 aliphatic heterocycles. The largest absolute Gasteiger partial charge is 0.484 e. The third-order valence-electron chi connectivity index (χ3n) is 4.85. The number of carbonyl (C=O) groups excluding carboxylic acids is 4. The smallest absolute Gasteiger partial charge is 0.266 e. The molecule has 1 heterocycles. The zero-order chi connectivity index (χ0) is 22.7. The standard InChI is InChI=1S/C24H19N3O5/c25-21(28)12-15-8-10-18(11-9-15)32-14-22(29)26-16-4-3-5-17(13-16)27-23(30)19-6-1-2-7-20(19)24(27)31/h1-11,13H,12,14H2,(H2,25,28)(H,26,29). The van der Waals surface area contributed by atoms with Gasteiger partial charge in [0, 0.05) is 5.69 Å². The Labute approximate surface area is 183 Å². The predicted molar refractivity (Wildman–Crippen MR) is 117 cm³/mol. The highest BCUT2D eigenvalue weighted by atomic mass is 16.5. The van der Waals surface area contributed by atoms with Crippen molar-refractivity contribution in [2.24, 2.45) is 5.73 Å². The topological polar surface area (TPSA) is 119 Å². The Morgan fingerprint density at radius 3 is 2.16 bits per heavy atom. The highest BCUT2D eigenvalue weighted by Crippen LogP contribution is 2.29. The highest BCUT2D eigenvalue weighted by Gasteiger charge is 2.36. The van der Waals surface area contributed by atoms with E-state index in [9.17, 15) is 19.2 Å². The summed E-state index contributed by atoms with van der Waals surface area (Å²) in [6, 6.07) is 19.8. The Hall–Kier alpha value is -4.46. The third kappa shape index (κ3) is 4.34. The van der Waals surface area contributed by atoms with Gasteiger partial charge in [0.05, 0.1) is 23.2 Å². The molecule has 4 amide bonds. The van der Waals surface area contributed by atoms with Crippen LogP contribution in [-0.2, 0) is 16.0 Å². The summed E-state index contributed by atoms with van der Waals surface area (Å²) in [5.41, 5.74) is 7.39. The summed E-state index contributed by atoms with van der Waals surface area (Å²) < 4.78 is 5.46. The lowest BCUT2D eigenvalue weighted by atomic mass is 10.1. The van der Waals surface area contributed by atoms with Gasteiger partial charge in [0.15, 0.2) is 6.61 Å². The number of nitrogens with one attached hydrogen (secondary N) is 1. The van der Waals surface area contributed by atoms with Gasteiger partial charge in [0.25, 0.3) is 17.7 Å². The molecule has 8 nitrogen and oxygen atoms in total. The zero-order valence-corrected chi connectivity index (χ0v) is 16.9. The van der Waals surface area contributed by atoms with E-state index < -0.39 is 23.6 Å². The van der Waals surface area contributed by atoms with Crippen molar-refractivity contribution >= 4 is 35.0 Å². The van der Waals surface area contributed by atoms with Gasteiger partial charge in [-0.3, -0.25) is 19.2 Å². The summed E-state index contributed by atoms with van der Waals surface area (Å²) in [5.74, 6) is -1.19. The van der Waals surface area contributed by atoms with Crippen LogP contribution in [0.3, 0.4) is 0 Å². The number of imide groups is 1. The molecule has 0 radical (unpaired) electrons. The summed E-state index contributed by atoms with van der Waals surface area (Å²) in [6.45, 7) is -0.244. The van der Waals surface area contributed by atoms with Crippen LogP contribution in [0.15, 0.2) is 72.8 Å². The lowest BCUT2D eigenvalue weighted by Crippen LogP contribution is -2.29. The SMILES string of the molecule is NC(=O)Cc1ccc(OCC(=O)Nc2cccc(N3C(=O)c4ccccc4C3=O)c2)cc1. The lowest BCUT2D eigenvalue weighted by molar-refractivity contribution is -0.118. The number of hydrogen-bond acceptors (Lipinski definition) is 5. The van der Waals surface area contributed by atoms with Gasteiger partial charge in [-0.1, -0.05) is 30.3 Å². The summed E-state index contributed by atoms with van der Waals surface area (Å²) in [6.07, 6.45) is 0.129. The van der Waals surface area contributed by atoms with Crippen molar-refractivity contribution in [3.63, 3.8) is 0 Å². The average Bonchev–Trinajstić information content (AvgIpc) is 3.03. The molecule has 0 atom stereocenters. The van der Waals surface area contributed by atoms with Crippen molar-refractivity contribution < 1.29 is 23.9 Å². The Balaban J connectivity index is 1.39. The van der Waals surface area contributed by atoms with E-state index in [0.717, 1.165) is 10.5 Å². The summed E-state index contributed by atoms with van der Waals surface area (Å²) in [7, 11) is 0. The van der Waals surface area contributed by atoms with Crippen LogP contribution in [0.2, 0.25) is 0 Å². The molecule has 160 valence electrons. The molecule has 0 aromatic heterocycles. The molecule has 3 N–H and O–H groups in total. The fraction of sp³-hybridized carbons (Fsp3) is 0.0833. The number of nitrogens with two attached hydrogens (primary N) is 1. The van der Waals surface area contributed by atoms with E-state index in [1.54, 1.807) is 72.8 Å². The van der Waals surface area contributed by atoms with Crippen molar-refractivity contribution in [3.05, 3.63) is 89.5 Å². The van der Waals surface area contributed by atoms with Gasteiger partial charge >= 0.3 is 0 Å². The molecule has 4 rings (SSSR count). The maximum Gasteiger partial charge on any atom is 0.266 e. The van der Waals surface area contributed by atoms with E-state index in [0.29, 0.717) is 28.3 Å². The first-order valence-corrected chi connectivity index (χ1v) is 9.80. The van der Waals surface area contributed by atoms with Gasteiger partial charge in [0.1, 0.15) is 5.75 Å². The molecule has 1 aliphatic rings. The van der Waals surface area contributed by atoms with Crippen molar-refractivity contribution in [2.75, 3.05) is 16.8 Å². The van der Waals surface area contributed by atoms with E-state index >= 15 is 0 Å². The molecule has 0 spiro atoms. The third-order valence-corrected chi connectivity index (χ3v) is 4.85. The number of amides is 4. The van der Waals surface area contributed by atoms with Crippen molar-refractivity contribution in [3.8, 4) is 5.75 Å². The number of rotatable bonds is 7.